The van der Waals surface area contributed by atoms with Crippen LogP contribution in [0.4, 0.5) is 13.2 Å². The highest BCUT2D eigenvalue weighted by atomic mass is 79.9. The highest BCUT2D eigenvalue weighted by Gasteiger charge is 2.30. The third-order valence-corrected chi connectivity index (χ3v) is 3.36. The van der Waals surface area contributed by atoms with Crippen LogP contribution < -0.4 is 0 Å². The molecule has 5 heteroatoms. The number of alkyl halides is 3. The molecule has 0 N–H and O–H groups in total. The van der Waals surface area contributed by atoms with Crippen molar-refractivity contribution in [1.82, 2.24) is 4.98 Å². The molecule has 0 saturated heterocycles. The third-order valence-electron chi connectivity index (χ3n) is 2.31. The van der Waals surface area contributed by atoms with E-state index >= 15 is 0 Å². The van der Waals surface area contributed by atoms with Crippen LogP contribution in [0.2, 0.25) is 0 Å². The summed E-state index contributed by atoms with van der Waals surface area (Å²) in [4.78, 5) is 3.99. The molecule has 0 aliphatic rings. The molecule has 16 heavy (non-hydrogen) atoms. The van der Waals surface area contributed by atoms with Crippen LogP contribution in [0, 0.1) is 6.92 Å². The van der Waals surface area contributed by atoms with Crippen molar-refractivity contribution in [2.45, 2.75) is 13.1 Å². The average molecular weight is 290 g/mol. The van der Waals surface area contributed by atoms with E-state index in [1.807, 2.05) is 6.92 Å². The minimum absolute atomic E-state index is 0.340. The van der Waals surface area contributed by atoms with E-state index in [2.05, 4.69) is 20.9 Å². The van der Waals surface area contributed by atoms with Crippen LogP contribution in [-0.4, -0.2) is 4.98 Å². The molecule has 0 saturated carbocycles. The Morgan fingerprint density at radius 3 is 2.56 bits per heavy atom. The molecule has 0 aliphatic heterocycles. The van der Waals surface area contributed by atoms with Crippen LogP contribution >= 0.6 is 15.9 Å². The zero-order valence-corrected chi connectivity index (χ0v) is 9.85. The fourth-order valence-corrected chi connectivity index (χ4v) is 1.87. The fraction of sp³-hybridized carbons (Fsp3) is 0.182. The summed E-state index contributed by atoms with van der Waals surface area (Å²) in [5, 5.41) is 0.688. The zero-order valence-electron chi connectivity index (χ0n) is 8.27. The lowest BCUT2D eigenvalue weighted by molar-refractivity contribution is -0.137. The molecule has 1 nitrogen and oxygen atoms in total. The molecule has 2 aromatic rings. The van der Waals surface area contributed by atoms with Crippen molar-refractivity contribution in [3.63, 3.8) is 0 Å². The number of benzene rings is 1. The van der Waals surface area contributed by atoms with Crippen molar-refractivity contribution < 1.29 is 13.2 Å². The van der Waals surface area contributed by atoms with E-state index in [1.54, 1.807) is 6.20 Å². The van der Waals surface area contributed by atoms with Gasteiger partial charge in [-0.25, -0.2) is 0 Å². The Morgan fingerprint density at radius 1 is 1.25 bits per heavy atom. The molecule has 0 spiro atoms. The van der Waals surface area contributed by atoms with Crippen molar-refractivity contribution in [3.05, 3.63) is 40.0 Å². The maximum atomic E-state index is 12.5. The number of aromatic nitrogens is 1. The van der Waals surface area contributed by atoms with Crippen LogP contribution in [0.25, 0.3) is 10.9 Å². The van der Waals surface area contributed by atoms with Gasteiger partial charge in [-0.05, 0) is 40.5 Å². The lowest BCUT2D eigenvalue weighted by atomic mass is 10.1. The zero-order chi connectivity index (χ0) is 11.9. The number of halogens is 4. The Labute approximate surface area is 98.4 Å². The molecule has 1 heterocycles. The number of fused-ring (bicyclic) bond motifs is 1. The second-order valence-electron chi connectivity index (χ2n) is 3.48. The Hall–Kier alpha value is -1.10. The van der Waals surface area contributed by atoms with Gasteiger partial charge in [0.15, 0.2) is 0 Å². The third kappa shape index (κ3) is 1.91. The van der Waals surface area contributed by atoms with E-state index in [0.29, 0.717) is 10.9 Å². The molecule has 2 rings (SSSR count). The Balaban J connectivity index is 2.70. The predicted octanol–water partition coefficient (Wildman–Crippen LogP) is 4.32. The predicted molar refractivity (Wildman–Crippen MR) is 59.2 cm³/mol. The first kappa shape index (κ1) is 11.4. The van der Waals surface area contributed by atoms with Crippen LogP contribution in [0.15, 0.2) is 28.9 Å². The maximum Gasteiger partial charge on any atom is 0.416 e. The molecule has 0 aliphatic carbocycles. The molecule has 0 fully saturated rings. The number of nitrogens with zero attached hydrogens (tertiary/aromatic N) is 1. The second kappa shape index (κ2) is 3.73. The van der Waals surface area contributed by atoms with Gasteiger partial charge in [0.05, 0.1) is 11.1 Å². The van der Waals surface area contributed by atoms with E-state index in [0.717, 1.165) is 22.2 Å². The van der Waals surface area contributed by atoms with E-state index < -0.39 is 11.7 Å². The highest BCUT2D eigenvalue weighted by Crippen LogP contribution is 2.33. The highest BCUT2D eigenvalue weighted by molar-refractivity contribution is 9.10. The van der Waals surface area contributed by atoms with Crippen molar-refractivity contribution in [2.24, 2.45) is 0 Å². The average Bonchev–Trinajstić information content (AvgIpc) is 2.22. The molecule has 0 bridgehead atoms. The number of pyridine rings is 1. The minimum atomic E-state index is -4.33. The number of hydrogen-bond acceptors (Lipinski definition) is 1. The first-order valence-corrected chi connectivity index (χ1v) is 5.31. The normalized spacial score (nSPS) is 12.1. The summed E-state index contributed by atoms with van der Waals surface area (Å²) < 4.78 is 38.2. The van der Waals surface area contributed by atoms with Gasteiger partial charge >= 0.3 is 6.18 Å². The molecular weight excluding hydrogens is 283 g/mol. The Kier molecular flexibility index (Phi) is 2.66. The van der Waals surface area contributed by atoms with E-state index in [1.165, 1.54) is 6.07 Å². The lowest BCUT2D eigenvalue weighted by Crippen LogP contribution is -2.04. The van der Waals surface area contributed by atoms with E-state index in [-0.39, 0.29) is 0 Å². The topological polar surface area (TPSA) is 12.9 Å². The fourth-order valence-electron chi connectivity index (χ4n) is 1.44. The summed E-state index contributed by atoms with van der Waals surface area (Å²) in [7, 11) is 0. The SMILES string of the molecule is Cc1cnc2cc(C(F)(F)F)ccc2c1Br. The summed E-state index contributed by atoms with van der Waals surface area (Å²) in [5.74, 6) is 0. The summed E-state index contributed by atoms with van der Waals surface area (Å²) in [6.07, 6.45) is -2.78. The first-order valence-electron chi connectivity index (χ1n) is 4.51. The first-order chi connectivity index (χ1) is 7.39. The largest absolute Gasteiger partial charge is 0.416 e. The molecule has 0 atom stereocenters. The van der Waals surface area contributed by atoms with Gasteiger partial charge < -0.3 is 0 Å². The Bertz CT molecular complexity index is 549. The molecule has 0 amide bonds. The van der Waals surface area contributed by atoms with Crippen molar-refractivity contribution in [2.75, 3.05) is 0 Å². The Morgan fingerprint density at radius 2 is 1.94 bits per heavy atom. The molecule has 0 unspecified atom stereocenters. The van der Waals surface area contributed by atoms with Gasteiger partial charge in [0.2, 0.25) is 0 Å². The summed E-state index contributed by atoms with van der Waals surface area (Å²) >= 11 is 3.33. The quantitative estimate of drug-likeness (QED) is 0.704. The van der Waals surface area contributed by atoms with Gasteiger partial charge in [0.1, 0.15) is 0 Å². The number of hydrogen-bond donors (Lipinski definition) is 0. The van der Waals surface area contributed by atoms with Crippen molar-refractivity contribution >= 4 is 26.8 Å². The van der Waals surface area contributed by atoms with Gasteiger partial charge in [-0.3, -0.25) is 4.98 Å². The minimum Gasteiger partial charge on any atom is -0.256 e. The molecule has 1 aromatic carbocycles. The molecule has 84 valence electrons. The molecule has 1 aromatic heterocycles. The second-order valence-corrected chi connectivity index (χ2v) is 4.28. The monoisotopic (exact) mass is 289 g/mol. The smallest absolute Gasteiger partial charge is 0.256 e. The van der Waals surface area contributed by atoms with Crippen molar-refractivity contribution in [1.29, 1.82) is 0 Å². The van der Waals surface area contributed by atoms with Crippen LogP contribution in [0.1, 0.15) is 11.1 Å². The van der Waals surface area contributed by atoms with Crippen molar-refractivity contribution in [3.8, 4) is 0 Å². The standard InChI is InChI=1S/C11H7BrF3N/c1-6-5-16-9-4-7(11(13,14)15)2-3-8(9)10(6)12/h2-5H,1H3. The number of rotatable bonds is 0. The lowest BCUT2D eigenvalue weighted by Gasteiger charge is -2.08. The van der Waals surface area contributed by atoms with Gasteiger partial charge in [0.25, 0.3) is 0 Å². The van der Waals surface area contributed by atoms with E-state index in [9.17, 15) is 13.2 Å². The summed E-state index contributed by atoms with van der Waals surface area (Å²) in [6, 6.07) is 3.55. The van der Waals surface area contributed by atoms with E-state index in [4.69, 9.17) is 0 Å². The van der Waals surface area contributed by atoms with Crippen LogP contribution in [0.3, 0.4) is 0 Å². The van der Waals surface area contributed by atoms with Crippen LogP contribution in [0.5, 0.6) is 0 Å². The van der Waals surface area contributed by atoms with Gasteiger partial charge in [-0.15, -0.1) is 0 Å². The van der Waals surface area contributed by atoms with Gasteiger partial charge in [-0.2, -0.15) is 13.2 Å². The number of aryl methyl sites for hydroxylation is 1. The summed E-state index contributed by atoms with van der Waals surface area (Å²) in [5.41, 5.74) is 0.558. The van der Waals surface area contributed by atoms with Crippen LogP contribution in [-0.2, 0) is 6.18 Å². The molecule has 0 radical (unpaired) electrons. The van der Waals surface area contributed by atoms with Gasteiger partial charge in [0, 0.05) is 16.1 Å². The molecular formula is C11H7BrF3N. The summed E-state index contributed by atoms with van der Waals surface area (Å²) in [6.45, 7) is 1.84. The maximum absolute atomic E-state index is 12.5. The van der Waals surface area contributed by atoms with Gasteiger partial charge in [-0.1, -0.05) is 6.07 Å².